The van der Waals surface area contributed by atoms with Gasteiger partial charge in [-0.3, -0.25) is 9.89 Å². The summed E-state index contributed by atoms with van der Waals surface area (Å²) in [4.78, 5) is 12.7. The van der Waals surface area contributed by atoms with Gasteiger partial charge in [0.2, 0.25) is 0 Å². The van der Waals surface area contributed by atoms with Gasteiger partial charge in [-0.05, 0) is 56.5 Å². The molecule has 0 spiro atoms. The van der Waals surface area contributed by atoms with Gasteiger partial charge in [0.05, 0.1) is 5.01 Å². The molecule has 158 valence electrons. The largest absolute Gasteiger partial charge is 0.356 e. The second kappa shape index (κ2) is 11.0. The summed E-state index contributed by atoms with van der Waals surface area (Å²) in [6, 6.07) is 8.66. The van der Waals surface area contributed by atoms with Gasteiger partial charge in [0, 0.05) is 48.7 Å². The molecular formula is C22H32ClN5S. The first-order chi connectivity index (χ1) is 14.1. The normalized spacial score (nSPS) is 20.6. The minimum Gasteiger partial charge on any atom is -0.356 e. The number of benzene rings is 1. The van der Waals surface area contributed by atoms with Crippen LogP contribution in [0.3, 0.4) is 0 Å². The number of piperidine rings is 1. The van der Waals surface area contributed by atoms with E-state index in [1.807, 2.05) is 25.4 Å². The highest BCUT2D eigenvalue weighted by atomic mass is 35.5. The fraction of sp³-hybridized carbons (Fsp3) is 0.545. The van der Waals surface area contributed by atoms with Crippen molar-refractivity contribution in [3.05, 3.63) is 50.9 Å². The first-order valence-corrected chi connectivity index (χ1v) is 11.6. The highest BCUT2D eigenvalue weighted by molar-refractivity contribution is 7.11. The monoisotopic (exact) mass is 433 g/mol. The number of guanidine groups is 1. The van der Waals surface area contributed by atoms with Crippen LogP contribution in [0, 0.1) is 5.92 Å². The molecule has 3 rings (SSSR count). The van der Waals surface area contributed by atoms with E-state index in [9.17, 15) is 0 Å². The van der Waals surface area contributed by atoms with Crippen LogP contribution in [0.5, 0.6) is 0 Å². The Morgan fingerprint density at radius 1 is 1.38 bits per heavy atom. The van der Waals surface area contributed by atoms with E-state index in [0.717, 1.165) is 43.5 Å². The molecule has 1 aromatic carbocycles. The molecule has 1 aromatic heterocycles. The molecule has 2 heterocycles. The predicted molar refractivity (Wildman–Crippen MR) is 124 cm³/mol. The molecule has 1 aliphatic heterocycles. The van der Waals surface area contributed by atoms with E-state index in [0.29, 0.717) is 12.0 Å². The van der Waals surface area contributed by atoms with Crippen molar-refractivity contribution < 1.29 is 0 Å². The highest BCUT2D eigenvalue weighted by Crippen LogP contribution is 2.35. The summed E-state index contributed by atoms with van der Waals surface area (Å²) in [5.74, 6) is 1.37. The Morgan fingerprint density at radius 3 is 2.97 bits per heavy atom. The minimum absolute atomic E-state index is 0.371. The molecule has 0 saturated carbocycles. The Labute approximate surface area is 183 Å². The lowest BCUT2D eigenvalue weighted by Gasteiger charge is -2.40. The molecule has 1 fully saturated rings. The summed E-state index contributed by atoms with van der Waals surface area (Å²) in [5.41, 5.74) is 1.30. The third-order valence-electron chi connectivity index (χ3n) is 5.53. The molecule has 29 heavy (non-hydrogen) atoms. The van der Waals surface area contributed by atoms with Gasteiger partial charge in [-0.2, -0.15) is 0 Å². The molecule has 7 heteroatoms. The van der Waals surface area contributed by atoms with Crippen LogP contribution in [0.15, 0.2) is 35.5 Å². The number of thiazole rings is 1. The fourth-order valence-electron chi connectivity index (χ4n) is 4.05. The van der Waals surface area contributed by atoms with Gasteiger partial charge in [0.1, 0.15) is 0 Å². The Hall–Kier alpha value is -1.63. The second-order valence-corrected chi connectivity index (χ2v) is 9.22. The fourth-order valence-corrected chi connectivity index (χ4v) is 5.11. The molecule has 0 aliphatic carbocycles. The number of aryl methyl sites for hydroxylation is 1. The molecule has 1 saturated heterocycles. The number of nitrogens with one attached hydrogen (secondary N) is 2. The van der Waals surface area contributed by atoms with Crippen molar-refractivity contribution >= 4 is 28.9 Å². The maximum absolute atomic E-state index is 6.26. The summed E-state index contributed by atoms with van der Waals surface area (Å²) in [7, 11) is 4.04. The Morgan fingerprint density at radius 2 is 2.24 bits per heavy atom. The maximum Gasteiger partial charge on any atom is 0.191 e. The van der Waals surface area contributed by atoms with Gasteiger partial charge in [-0.1, -0.05) is 30.7 Å². The van der Waals surface area contributed by atoms with E-state index >= 15 is 0 Å². The standard InChI is InChI=1S/C22H32ClN5S/c1-4-19-15-26-20(29-19)10-11-25-22(24-2)27-14-17-8-6-12-28(3)21(17)16-7-5-9-18(23)13-16/h5,7,9,13,15,17,21H,4,6,8,10-12,14H2,1-3H3,(H2,24,25,27). The lowest BCUT2D eigenvalue weighted by molar-refractivity contribution is 0.122. The lowest BCUT2D eigenvalue weighted by Crippen LogP contribution is -2.45. The molecule has 2 unspecified atom stereocenters. The summed E-state index contributed by atoms with van der Waals surface area (Å²) < 4.78 is 0. The number of aromatic nitrogens is 1. The van der Waals surface area contributed by atoms with Crippen LogP contribution in [0.2, 0.25) is 5.02 Å². The van der Waals surface area contributed by atoms with Crippen LogP contribution in [0.4, 0.5) is 0 Å². The second-order valence-electron chi connectivity index (χ2n) is 7.59. The molecule has 0 bridgehead atoms. The predicted octanol–water partition coefficient (Wildman–Crippen LogP) is 4.15. The smallest absolute Gasteiger partial charge is 0.191 e. The third kappa shape index (κ3) is 6.17. The molecule has 5 nitrogen and oxygen atoms in total. The summed E-state index contributed by atoms with van der Waals surface area (Å²) in [6.07, 6.45) is 6.38. The number of aliphatic imine (C=N–C) groups is 1. The van der Waals surface area contributed by atoms with Crippen LogP contribution in [0.25, 0.3) is 0 Å². The molecule has 2 aromatic rings. The zero-order chi connectivity index (χ0) is 20.6. The average Bonchev–Trinajstić information content (AvgIpc) is 3.18. The maximum atomic E-state index is 6.26. The van der Waals surface area contributed by atoms with E-state index in [4.69, 9.17) is 11.6 Å². The van der Waals surface area contributed by atoms with Crippen LogP contribution in [0.1, 0.15) is 41.3 Å². The zero-order valence-corrected chi connectivity index (χ0v) is 19.2. The van der Waals surface area contributed by atoms with E-state index < -0.39 is 0 Å². The quantitative estimate of drug-likeness (QED) is 0.508. The number of hydrogen-bond donors (Lipinski definition) is 2. The van der Waals surface area contributed by atoms with Crippen LogP contribution < -0.4 is 10.6 Å². The van der Waals surface area contributed by atoms with Crippen molar-refractivity contribution in [1.82, 2.24) is 20.5 Å². The minimum atomic E-state index is 0.371. The van der Waals surface area contributed by atoms with Crippen molar-refractivity contribution in [2.75, 3.05) is 33.7 Å². The molecule has 1 aliphatic rings. The Balaban J connectivity index is 1.54. The van der Waals surface area contributed by atoms with Gasteiger partial charge in [0.25, 0.3) is 0 Å². The number of hydrogen-bond acceptors (Lipinski definition) is 4. The highest BCUT2D eigenvalue weighted by Gasteiger charge is 2.30. The zero-order valence-electron chi connectivity index (χ0n) is 17.6. The van der Waals surface area contributed by atoms with Crippen molar-refractivity contribution in [1.29, 1.82) is 0 Å². The summed E-state index contributed by atoms with van der Waals surface area (Å²) >= 11 is 8.06. The Kier molecular flexibility index (Phi) is 8.33. The molecule has 2 atom stereocenters. The molecular weight excluding hydrogens is 402 g/mol. The number of nitrogens with zero attached hydrogens (tertiary/aromatic N) is 3. The van der Waals surface area contributed by atoms with Gasteiger partial charge < -0.3 is 10.6 Å². The topological polar surface area (TPSA) is 52.6 Å². The van der Waals surface area contributed by atoms with Gasteiger partial charge >= 0.3 is 0 Å². The number of halogens is 1. The van der Waals surface area contributed by atoms with Gasteiger partial charge in [-0.25, -0.2) is 4.98 Å². The lowest BCUT2D eigenvalue weighted by atomic mass is 9.85. The van der Waals surface area contributed by atoms with E-state index in [2.05, 4.69) is 51.6 Å². The number of likely N-dealkylation sites (tertiary alicyclic amines) is 1. The first-order valence-electron chi connectivity index (χ1n) is 10.4. The molecule has 0 radical (unpaired) electrons. The Bertz CT molecular complexity index is 806. The van der Waals surface area contributed by atoms with Gasteiger partial charge in [-0.15, -0.1) is 11.3 Å². The van der Waals surface area contributed by atoms with Crippen LogP contribution in [-0.4, -0.2) is 49.6 Å². The molecule has 0 amide bonds. The third-order valence-corrected chi connectivity index (χ3v) is 6.97. The SMILES string of the molecule is CCc1cnc(CCNC(=NC)NCC2CCCN(C)C2c2cccc(Cl)c2)s1. The van der Waals surface area contributed by atoms with E-state index in [1.165, 1.54) is 28.3 Å². The van der Waals surface area contributed by atoms with E-state index in [-0.39, 0.29) is 0 Å². The van der Waals surface area contributed by atoms with E-state index in [1.54, 1.807) is 11.3 Å². The van der Waals surface area contributed by atoms with Crippen LogP contribution in [-0.2, 0) is 12.8 Å². The van der Waals surface area contributed by atoms with Crippen LogP contribution >= 0.6 is 22.9 Å². The molecule has 2 N–H and O–H groups in total. The average molecular weight is 434 g/mol. The van der Waals surface area contributed by atoms with Crippen molar-refractivity contribution in [3.63, 3.8) is 0 Å². The van der Waals surface area contributed by atoms with Crippen molar-refractivity contribution in [2.24, 2.45) is 10.9 Å². The number of rotatable bonds is 7. The summed E-state index contributed by atoms with van der Waals surface area (Å²) in [5, 5.41) is 8.95. The van der Waals surface area contributed by atoms with Crippen molar-refractivity contribution in [2.45, 2.75) is 38.6 Å². The first kappa shape index (κ1) is 22.1. The van der Waals surface area contributed by atoms with Gasteiger partial charge in [0.15, 0.2) is 5.96 Å². The summed E-state index contributed by atoms with van der Waals surface area (Å²) in [6.45, 7) is 5.01. The van der Waals surface area contributed by atoms with Crippen molar-refractivity contribution in [3.8, 4) is 0 Å².